The minimum absolute atomic E-state index is 0. The van der Waals surface area contributed by atoms with Crippen molar-refractivity contribution in [1.82, 2.24) is 5.32 Å². The summed E-state index contributed by atoms with van der Waals surface area (Å²) >= 11 is 13.6. The highest BCUT2D eigenvalue weighted by molar-refractivity contribution is 7.98. The van der Waals surface area contributed by atoms with E-state index in [-0.39, 0.29) is 24.9 Å². The first kappa shape index (κ1) is 20.8. The second-order valence-corrected chi connectivity index (χ2v) is 6.08. The smallest absolute Gasteiger partial charge is 0.237 e. The van der Waals surface area contributed by atoms with Crippen LogP contribution >= 0.6 is 47.4 Å². The Hall–Kier alpha value is -0.170. The van der Waals surface area contributed by atoms with Gasteiger partial charge in [-0.25, -0.2) is 0 Å². The Kier molecular flexibility index (Phi) is 10.5. The van der Waals surface area contributed by atoms with E-state index < -0.39 is 12.1 Å². The molecule has 2 atom stereocenters. The van der Waals surface area contributed by atoms with E-state index >= 15 is 0 Å². The SMILES string of the molecule is CSCC[C@H](N)C(=O)NCC(O)c1c(Cl)cccc1Cl.Cl. The molecule has 4 nitrogen and oxygen atoms in total. The second kappa shape index (κ2) is 10.5. The molecule has 0 fully saturated rings. The fraction of sp³-hybridized carbons (Fsp3) is 0.462. The highest BCUT2D eigenvalue weighted by Crippen LogP contribution is 2.29. The minimum Gasteiger partial charge on any atom is -0.386 e. The maximum Gasteiger partial charge on any atom is 0.237 e. The Morgan fingerprint density at radius 3 is 2.52 bits per heavy atom. The third-order valence-corrected chi connectivity index (χ3v) is 4.08. The normalized spacial score (nSPS) is 13.2. The van der Waals surface area contributed by atoms with Crippen molar-refractivity contribution >= 4 is 53.3 Å². The molecule has 0 radical (unpaired) electrons. The van der Waals surface area contributed by atoms with Crippen LogP contribution in [0, 0.1) is 0 Å². The first-order valence-electron chi connectivity index (χ1n) is 6.11. The molecule has 0 aliphatic heterocycles. The lowest BCUT2D eigenvalue weighted by atomic mass is 10.1. The molecule has 1 unspecified atom stereocenters. The second-order valence-electron chi connectivity index (χ2n) is 4.28. The van der Waals surface area contributed by atoms with Crippen LogP contribution in [0.2, 0.25) is 10.0 Å². The number of hydrogen-bond acceptors (Lipinski definition) is 4. The lowest BCUT2D eigenvalue weighted by molar-refractivity contribution is -0.122. The lowest BCUT2D eigenvalue weighted by Crippen LogP contribution is -2.42. The van der Waals surface area contributed by atoms with Crippen molar-refractivity contribution in [3.8, 4) is 0 Å². The van der Waals surface area contributed by atoms with Crippen LogP contribution in [0.15, 0.2) is 18.2 Å². The topological polar surface area (TPSA) is 75.4 Å². The van der Waals surface area contributed by atoms with Gasteiger partial charge in [0.25, 0.3) is 0 Å². The van der Waals surface area contributed by atoms with E-state index in [0.29, 0.717) is 22.0 Å². The standard InChI is InChI=1S/C13H18Cl2N2O2S.ClH/c1-20-6-5-10(16)13(19)17-7-11(18)12-8(14)3-2-4-9(12)15;/h2-4,10-11,18H,5-7,16H2,1H3,(H,17,19);1H/t10-,11?;/m0./s1. The summed E-state index contributed by atoms with van der Waals surface area (Å²) in [5.74, 6) is 0.522. The van der Waals surface area contributed by atoms with Crippen LogP contribution in [-0.2, 0) is 4.79 Å². The number of carbonyl (C=O) groups is 1. The number of benzene rings is 1. The first-order chi connectivity index (χ1) is 9.47. The molecular formula is C13H19Cl3N2O2S. The summed E-state index contributed by atoms with van der Waals surface area (Å²) in [5, 5.41) is 13.4. The van der Waals surface area contributed by atoms with Crippen LogP contribution in [0.25, 0.3) is 0 Å². The third kappa shape index (κ3) is 6.63. The molecule has 0 aliphatic carbocycles. The average Bonchev–Trinajstić information content (AvgIpc) is 2.41. The fourth-order valence-electron chi connectivity index (χ4n) is 1.64. The summed E-state index contributed by atoms with van der Waals surface area (Å²) < 4.78 is 0. The predicted molar refractivity (Wildman–Crippen MR) is 92.7 cm³/mol. The van der Waals surface area contributed by atoms with E-state index in [0.717, 1.165) is 5.75 Å². The zero-order valence-corrected chi connectivity index (χ0v) is 14.7. The van der Waals surface area contributed by atoms with Crippen LogP contribution < -0.4 is 11.1 Å². The zero-order valence-electron chi connectivity index (χ0n) is 11.5. The average molecular weight is 374 g/mol. The molecule has 21 heavy (non-hydrogen) atoms. The molecule has 1 amide bonds. The Bertz CT molecular complexity index is 443. The van der Waals surface area contributed by atoms with Crippen molar-refractivity contribution in [2.45, 2.75) is 18.6 Å². The van der Waals surface area contributed by atoms with Gasteiger partial charge in [0.05, 0.1) is 12.1 Å². The van der Waals surface area contributed by atoms with Crippen molar-refractivity contribution in [3.05, 3.63) is 33.8 Å². The van der Waals surface area contributed by atoms with Gasteiger partial charge >= 0.3 is 0 Å². The summed E-state index contributed by atoms with van der Waals surface area (Å²) in [6.45, 7) is 0.0231. The van der Waals surface area contributed by atoms with Crippen molar-refractivity contribution in [3.63, 3.8) is 0 Å². The Labute approximate surface area is 145 Å². The molecule has 4 N–H and O–H groups in total. The van der Waals surface area contributed by atoms with Gasteiger partial charge in [-0.1, -0.05) is 29.3 Å². The number of aliphatic hydroxyl groups is 1. The van der Waals surface area contributed by atoms with Crippen LogP contribution in [0.1, 0.15) is 18.1 Å². The van der Waals surface area contributed by atoms with E-state index in [1.165, 1.54) is 0 Å². The molecule has 1 aromatic carbocycles. The van der Waals surface area contributed by atoms with Gasteiger partial charge in [-0.05, 0) is 30.6 Å². The maximum atomic E-state index is 11.7. The molecule has 0 saturated carbocycles. The van der Waals surface area contributed by atoms with E-state index in [2.05, 4.69) is 5.32 Å². The molecule has 0 aromatic heterocycles. The molecule has 1 aromatic rings. The predicted octanol–water partition coefficient (Wildman–Crippen LogP) is 2.65. The largest absolute Gasteiger partial charge is 0.386 e. The Balaban J connectivity index is 0.00000400. The quantitative estimate of drug-likeness (QED) is 0.687. The molecule has 0 heterocycles. The van der Waals surface area contributed by atoms with Crippen molar-refractivity contribution in [2.24, 2.45) is 5.73 Å². The van der Waals surface area contributed by atoms with Gasteiger partial charge in [0.15, 0.2) is 0 Å². The van der Waals surface area contributed by atoms with Crippen LogP contribution in [-0.4, -0.2) is 35.6 Å². The Morgan fingerprint density at radius 1 is 1.43 bits per heavy atom. The third-order valence-electron chi connectivity index (χ3n) is 2.77. The summed E-state index contributed by atoms with van der Waals surface area (Å²) in [4.78, 5) is 11.7. The monoisotopic (exact) mass is 372 g/mol. The molecule has 0 spiro atoms. The molecule has 1 rings (SSSR count). The number of aliphatic hydroxyl groups excluding tert-OH is 1. The number of halogens is 3. The van der Waals surface area contributed by atoms with Crippen molar-refractivity contribution in [1.29, 1.82) is 0 Å². The van der Waals surface area contributed by atoms with Gasteiger partial charge in [-0.3, -0.25) is 4.79 Å². The molecule has 0 aliphatic rings. The van der Waals surface area contributed by atoms with E-state index in [1.807, 2.05) is 6.26 Å². The number of carbonyl (C=O) groups excluding carboxylic acids is 1. The van der Waals surface area contributed by atoms with Crippen molar-refractivity contribution < 1.29 is 9.90 Å². The summed E-state index contributed by atoms with van der Waals surface area (Å²) in [5.41, 5.74) is 6.14. The molecule has 120 valence electrons. The van der Waals surface area contributed by atoms with Crippen LogP contribution in [0.3, 0.4) is 0 Å². The summed E-state index contributed by atoms with van der Waals surface area (Å²) in [6.07, 6.45) is 1.58. The maximum absolute atomic E-state index is 11.7. The number of nitrogens with one attached hydrogen (secondary N) is 1. The van der Waals surface area contributed by atoms with E-state index in [4.69, 9.17) is 28.9 Å². The number of thioether (sulfide) groups is 1. The van der Waals surface area contributed by atoms with Gasteiger partial charge in [0, 0.05) is 22.2 Å². The van der Waals surface area contributed by atoms with E-state index in [1.54, 1.807) is 30.0 Å². The van der Waals surface area contributed by atoms with Crippen LogP contribution in [0.4, 0.5) is 0 Å². The first-order valence-corrected chi connectivity index (χ1v) is 8.26. The zero-order chi connectivity index (χ0) is 15.1. The fourth-order valence-corrected chi connectivity index (χ4v) is 2.77. The van der Waals surface area contributed by atoms with Crippen LogP contribution in [0.5, 0.6) is 0 Å². The van der Waals surface area contributed by atoms with Gasteiger partial charge in [0.2, 0.25) is 5.91 Å². The minimum atomic E-state index is -0.965. The van der Waals surface area contributed by atoms with Gasteiger partial charge in [-0.15, -0.1) is 12.4 Å². The van der Waals surface area contributed by atoms with Crippen molar-refractivity contribution in [2.75, 3.05) is 18.6 Å². The van der Waals surface area contributed by atoms with Gasteiger partial charge in [0.1, 0.15) is 0 Å². The van der Waals surface area contributed by atoms with E-state index in [9.17, 15) is 9.90 Å². The molecule has 0 bridgehead atoms. The highest BCUT2D eigenvalue weighted by Gasteiger charge is 2.18. The van der Waals surface area contributed by atoms with Gasteiger partial charge in [-0.2, -0.15) is 11.8 Å². The molecular weight excluding hydrogens is 355 g/mol. The number of amides is 1. The molecule has 0 saturated heterocycles. The summed E-state index contributed by atoms with van der Waals surface area (Å²) in [6, 6.07) is 4.39. The Morgan fingerprint density at radius 2 is 2.00 bits per heavy atom. The number of rotatable bonds is 7. The number of nitrogens with two attached hydrogens (primary N) is 1. The summed E-state index contributed by atoms with van der Waals surface area (Å²) in [7, 11) is 0. The lowest BCUT2D eigenvalue weighted by Gasteiger charge is -2.17. The van der Waals surface area contributed by atoms with Gasteiger partial charge < -0.3 is 16.2 Å². The number of hydrogen-bond donors (Lipinski definition) is 3. The molecule has 8 heteroatoms. The highest BCUT2D eigenvalue weighted by atomic mass is 35.5.